The van der Waals surface area contributed by atoms with Crippen LogP contribution in [-0.2, 0) is 9.53 Å². The molecule has 1 atom stereocenters. The van der Waals surface area contributed by atoms with Gasteiger partial charge < -0.3 is 20.5 Å². The summed E-state index contributed by atoms with van der Waals surface area (Å²) in [6.07, 6.45) is 0.0417. The number of nitrogen functional groups attached to an aromatic ring is 1. The van der Waals surface area contributed by atoms with Crippen molar-refractivity contribution in [1.29, 1.82) is 0 Å². The number of para-hydroxylation sites is 1. The molecule has 0 bridgehead atoms. The number of hydrogen-bond donors (Lipinski definition) is 2. The van der Waals surface area contributed by atoms with Gasteiger partial charge in [-0.1, -0.05) is 6.07 Å². The fourth-order valence-corrected chi connectivity index (χ4v) is 1.59. The van der Waals surface area contributed by atoms with Crippen LogP contribution in [0.3, 0.4) is 0 Å². The Morgan fingerprint density at radius 2 is 2.05 bits per heavy atom. The Bertz CT molecular complexity index is 433. The lowest BCUT2D eigenvalue weighted by atomic mass is 10.2. The summed E-state index contributed by atoms with van der Waals surface area (Å²) in [7, 11) is 0. The summed E-state index contributed by atoms with van der Waals surface area (Å²) in [5, 5.41) is 3.03. The highest BCUT2D eigenvalue weighted by molar-refractivity contribution is 5.82. The fourth-order valence-electron chi connectivity index (χ4n) is 1.59. The lowest BCUT2D eigenvalue weighted by Crippen LogP contribution is -2.28. The molecule has 1 aromatic rings. The minimum atomic E-state index is -0.462. The largest absolute Gasteiger partial charge is 0.489 e. The maximum Gasteiger partial charge on any atom is 0.328 e. The minimum Gasteiger partial charge on any atom is -0.489 e. The topological polar surface area (TPSA) is 73.6 Å². The highest BCUT2D eigenvalue weighted by Crippen LogP contribution is 2.30. The Morgan fingerprint density at radius 3 is 2.63 bits per heavy atom. The van der Waals surface area contributed by atoms with E-state index in [1.807, 2.05) is 19.9 Å². The van der Waals surface area contributed by atoms with E-state index in [4.69, 9.17) is 15.2 Å². The molecule has 0 aliphatic rings. The van der Waals surface area contributed by atoms with Gasteiger partial charge in [0.1, 0.15) is 11.8 Å². The van der Waals surface area contributed by atoms with Gasteiger partial charge in [-0.05, 0) is 39.8 Å². The van der Waals surface area contributed by atoms with Crippen LogP contribution in [0.4, 0.5) is 11.4 Å². The molecule has 106 valence electrons. The van der Waals surface area contributed by atoms with E-state index in [1.165, 1.54) is 0 Å². The SMILES string of the molecule is CCOC(=O)C(C)Nc1cccc(OC(C)C)c1N. The van der Waals surface area contributed by atoms with Gasteiger partial charge in [0, 0.05) is 0 Å². The number of nitrogens with one attached hydrogen (secondary N) is 1. The Hall–Kier alpha value is -1.91. The average molecular weight is 266 g/mol. The maximum atomic E-state index is 11.6. The Morgan fingerprint density at radius 1 is 1.37 bits per heavy atom. The Kier molecular flexibility index (Phi) is 5.48. The first-order valence-corrected chi connectivity index (χ1v) is 6.44. The molecular formula is C14H22N2O3. The van der Waals surface area contributed by atoms with E-state index in [1.54, 1.807) is 26.0 Å². The molecule has 0 amide bonds. The second-order valence-electron chi connectivity index (χ2n) is 4.50. The monoisotopic (exact) mass is 266 g/mol. The molecule has 0 radical (unpaired) electrons. The molecule has 19 heavy (non-hydrogen) atoms. The van der Waals surface area contributed by atoms with Crippen molar-refractivity contribution in [2.24, 2.45) is 0 Å². The van der Waals surface area contributed by atoms with Crippen molar-refractivity contribution < 1.29 is 14.3 Å². The summed E-state index contributed by atoms with van der Waals surface area (Å²) in [5.41, 5.74) is 7.17. The van der Waals surface area contributed by atoms with Crippen LogP contribution in [0.25, 0.3) is 0 Å². The molecule has 1 unspecified atom stereocenters. The third kappa shape index (κ3) is 4.35. The van der Waals surface area contributed by atoms with Gasteiger partial charge in [-0.15, -0.1) is 0 Å². The molecule has 5 nitrogen and oxygen atoms in total. The number of esters is 1. The zero-order chi connectivity index (χ0) is 14.4. The minimum absolute atomic E-state index is 0.0417. The van der Waals surface area contributed by atoms with Crippen LogP contribution in [0, 0.1) is 0 Å². The first kappa shape index (κ1) is 15.1. The Balaban J connectivity index is 2.81. The normalized spacial score (nSPS) is 12.1. The molecule has 0 saturated heterocycles. The molecule has 0 fully saturated rings. The molecule has 3 N–H and O–H groups in total. The summed E-state index contributed by atoms with van der Waals surface area (Å²) in [6.45, 7) is 7.72. The Labute approximate surface area is 114 Å². The van der Waals surface area contributed by atoms with E-state index >= 15 is 0 Å². The number of nitrogens with two attached hydrogens (primary N) is 1. The second kappa shape index (κ2) is 6.87. The molecule has 0 spiro atoms. The summed E-state index contributed by atoms with van der Waals surface area (Å²) in [4.78, 5) is 11.6. The first-order valence-electron chi connectivity index (χ1n) is 6.44. The highest BCUT2D eigenvalue weighted by Gasteiger charge is 2.16. The molecule has 1 aromatic carbocycles. The third-order valence-corrected chi connectivity index (χ3v) is 2.44. The van der Waals surface area contributed by atoms with Crippen molar-refractivity contribution in [3.05, 3.63) is 18.2 Å². The van der Waals surface area contributed by atoms with Crippen molar-refractivity contribution >= 4 is 17.3 Å². The van der Waals surface area contributed by atoms with Crippen LogP contribution in [0.5, 0.6) is 5.75 Å². The van der Waals surface area contributed by atoms with Gasteiger partial charge in [0.25, 0.3) is 0 Å². The van der Waals surface area contributed by atoms with Crippen LogP contribution in [-0.4, -0.2) is 24.7 Å². The third-order valence-electron chi connectivity index (χ3n) is 2.44. The van der Waals surface area contributed by atoms with E-state index in [-0.39, 0.29) is 12.1 Å². The molecule has 0 aromatic heterocycles. The summed E-state index contributed by atoms with van der Waals surface area (Å²) in [5.74, 6) is 0.299. The van der Waals surface area contributed by atoms with Crippen molar-refractivity contribution in [3.8, 4) is 5.75 Å². The summed E-state index contributed by atoms with van der Waals surface area (Å²) in [6, 6.07) is 4.97. The van der Waals surface area contributed by atoms with E-state index in [0.29, 0.717) is 23.7 Å². The van der Waals surface area contributed by atoms with E-state index in [0.717, 1.165) is 0 Å². The number of anilines is 2. The van der Waals surface area contributed by atoms with Crippen molar-refractivity contribution in [2.45, 2.75) is 39.8 Å². The van der Waals surface area contributed by atoms with E-state index < -0.39 is 6.04 Å². The van der Waals surface area contributed by atoms with Crippen molar-refractivity contribution in [1.82, 2.24) is 0 Å². The van der Waals surface area contributed by atoms with Crippen LogP contribution >= 0.6 is 0 Å². The van der Waals surface area contributed by atoms with Crippen molar-refractivity contribution in [2.75, 3.05) is 17.7 Å². The smallest absolute Gasteiger partial charge is 0.328 e. The zero-order valence-electron chi connectivity index (χ0n) is 11.9. The van der Waals surface area contributed by atoms with Gasteiger partial charge in [0.2, 0.25) is 0 Å². The standard InChI is InChI=1S/C14H22N2O3/c1-5-18-14(17)10(4)16-11-7-6-8-12(13(11)15)19-9(2)3/h6-10,16H,5,15H2,1-4H3. The molecule has 5 heteroatoms. The predicted octanol–water partition coefficient (Wildman–Crippen LogP) is 2.42. The number of ether oxygens (including phenoxy) is 2. The van der Waals surface area contributed by atoms with Gasteiger partial charge >= 0.3 is 5.97 Å². The molecule has 0 heterocycles. The van der Waals surface area contributed by atoms with Crippen LogP contribution in [0.2, 0.25) is 0 Å². The van der Waals surface area contributed by atoms with Crippen LogP contribution < -0.4 is 15.8 Å². The average Bonchev–Trinajstić information content (AvgIpc) is 2.34. The molecule has 0 aliphatic carbocycles. The van der Waals surface area contributed by atoms with Gasteiger partial charge in [-0.3, -0.25) is 0 Å². The second-order valence-corrected chi connectivity index (χ2v) is 4.50. The quantitative estimate of drug-likeness (QED) is 0.611. The van der Waals surface area contributed by atoms with Crippen LogP contribution in [0.15, 0.2) is 18.2 Å². The predicted molar refractivity (Wildman–Crippen MR) is 76.3 cm³/mol. The zero-order valence-corrected chi connectivity index (χ0v) is 11.9. The van der Waals surface area contributed by atoms with Gasteiger partial charge in [-0.2, -0.15) is 0 Å². The van der Waals surface area contributed by atoms with Gasteiger partial charge in [0.05, 0.1) is 24.1 Å². The number of carbonyl (C=O) groups is 1. The summed E-state index contributed by atoms with van der Waals surface area (Å²) < 4.78 is 10.5. The fraction of sp³-hybridized carbons (Fsp3) is 0.500. The lowest BCUT2D eigenvalue weighted by molar-refractivity contribution is -0.143. The number of rotatable bonds is 6. The number of hydrogen-bond acceptors (Lipinski definition) is 5. The van der Waals surface area contributed by atoms with Gasteiger partial charge in [0.15, 0.2) is 0 Å². The lowest BCUT2D eigenvalue weighted by Gasteiger charge is -2.18. The van der Waals surface area contributed by atoms with Gasteiger partial charge in [-0.25, -0.2) is 4.79 Å². The number of benzene rings is 1. The molecule has 0 aliphatic heterocycles. The maximum absolute atomic E-state index is 11.6. The molecular weight excluding hydrogens is 244 g/mol. The number of carbonyl (C=O) groups excluding carboxylic acids is 1. The summed E-state index contributed by atoms with van der Waals surface area (Å²) >= 11 is 0. The first-order chi connectivity index (χ1) is 8.95. The molecule has 1 rings (SSSR count). The van der Waals surface area contributed by atoms with Crippen LogP contribution in [0.1, 0.15) is 27.7 Å². The van der Waals surface area contributed by atoms with Crippen molar-refractivity contribution in [3.63, 3.8) is 0 Å². The van der Waals surface area contributed by atoms with E-state index in [9.17, 15) is 4.79 Å². The molecule has 0 saturated carbocycles. The highest BCUT2D eigenvalue weighted by atomic mass is 16.5. The van der Waals surface area contributed by atoms with E-state index in [2.05, 4.69) is 5.32 Å².